The molecule has 0 N–H and O–H groups in total. The first kappa shape index (κ1) is 39.6. The van der Waals surface area contributed by atoms with Crippen LogP contribution in [0.25, 0.3) is 21.5 Å². The number of carbonyl (C=O) groups is 2. The first-order valence-electron chi connectivity index (χ1n) is 18.4. The van der Waals surface area contributed by atoms with Crippen molar-refractivity contribution >= 4 is 45.2 Å². The minimum absolute atomic E-state index is 0.206. The van der Waals surface area contributed by atoms with Crippen molar-refractivity contribution < 1.29 is 28.5 Å². The molecule has 0 amide bonds. The Kier molecular flexibility index (Phi) is 16.0. The van der Waals surface area contributed by atoms with Crippen LogP contribution in [-0.4, -0.2) is 37.4 Å². The maximum absolute atomic E-state index is 12.6. The molecule has 0 bridgehead atoms. The largest absolute Gasteiger partial charge is 0.488 e. The number of hydrogen-bond donors (Lipinski definition) is 0. The van der Waals surface area contributed by atoms with Crippen LogP contribution in [0.15, 0.2) is 107 Å². The maximum atomic E-state index is 12.6. The normalized spacial score (nSPS) is 12.3. The predicted molar refractivity (Wildman–Crippen MR) is 210 cm³/mol. The Balaban J connectivity index is 1.75. The zero-order valence-corrected chi connectivity index (χ0v) is 31.7. The second kappa shape index (κ2) is 20.6. The molecule has 0 spiro atoms. The van der Waals surface area contributed by atoms with Crippen molar-refractivity contribution in [3.63, 3.8) is 0 Å². The molecule has 51 heavy (non-hydrogen) atoms. The summed E-state index contributed by atoms with van der Waals surface area (Å²) in [5.74, 6) is 0.601. The summed E-state index contributed by atoms with van der Waals surface area (Å²) >= 11 is 1.67. The Labute approximate surface area is 308 Å². The van der Waals surface area contributed by atoms with Crippen LogP contribution in [0.3, 0.4) is 0 Å². The van der Waals surface area contributed by atoms with Gasteiger partial charge in [-0.2, -0.15) is 0 Å². The van der Waals surface area contributed by atoms with Gasteiger partial charge in [0.15, 0.2) is 0 Å². The number of rotatable bonds is 22. The number of carbonyl (C=O) groups excluding carboxylic acids is 2. The number of esters is 2. The highest BCUT2D eigenvalue weighted by molar-refractivity contribution is 7.99. The van der Waals surface area contributed by atoms with E-state index in [4.69, 9.17) is 18.9 Å². The third-order valence-corrected chi connectivity index (χ3v) is 9.70. The summed E-state index contributed by atoms with van der Waals surface area (Å²) in [6.07, 6.45) is 9.09. The molecule has 0 saturated carbocycles. The van der Waals surface area contributed by atoms with Crippen molar-refractivity contribution in [3.8, 4) is 11.5 Å². The fraction of sp³-hybridized carbons (Fsp3) is 0.409. The van der Waals surface area contributed by atoms with Gasteiger partial charge in [0.25, 0.3) is 0 Å². The lowest BCUT2D eigenvalue weighted by atomic mass is 10.0. The average Bonchev–Trinajstić information content (AvgIpc) is 3.13. The van der Waals surface area contributed by atoms with Gasteiger partial charge in [0.05, 0.1) is 0 Å². The highest BCUT2D eigenvalue weighted by Crippen LogP contribution is 2.45. The first-order chi connectivity index (χ1) is 24.7. The van der Waals surface area contributed by atoms with E-state index in [1.54, 1.807) is 25.6 Å². The molecule has 0 radical (unpaired) electrons. The molecule has 0 aliphatic carbocycles. The zero-order chi connectivity index (χ0) is 36.6. The molecule has 0 fully saturated rings. The lowest BCUT2D eigenvalue weighted by Gasteiger charge is -2.23. The summed E-state index contributed by atoms with van der Waals surface area (Å²) < 4.78 is 25.2. The van der Waals surface area contributed by atoms with E-state index in [0.717, 1.165) is 82.7 Å². The highest BCUT2D eigenvalue weighted by Gasteiger charge is 2.23. The van der Waals surface area contributed by atoms with E-state index in [9.17, 15) is 9.59 Å². The Bertz CT molecular complexity index is 1760. The van der Waals surface area contributed by atoms with E-state index in [0.29, 0.717) is 35.5 Å². The molecule has 2 unspecified atom stereocenters. The Morgan fingerprint density at radius 1 is 0.588 bits per heavy atom. The molecule has 0 aromatic heterocycles. The third kappa shape index (κ3) is 11.9. The number of benzene rings is 4. The summed E-state index contributed by atoms with van der Waals surface area (Å²) in [5.41, 5.74) is 0.734. The lowest BCUT2D eigenvalue weighted by molar-refractivity contribution is -0.147. The van der Waals surface area contributed by atoms with E-state index in [-0.39, 0.29) is 13.2 Å². The third-order valence-electron chi connectivity index (χ3n) is 8.71. The predicted octanol–water partition coefficient (Wildman–Crippen LogP) is 11.8. The summed E-state index contributed by atoms with van der Waals surface area (Å²) in [4.78, 5) is 27.4. The van der Waals surface area contributed by atoms with E-state index in [1.807, 2.05) is 42.5 Å². The molecule has 272 valence electrons. The van der Waals surface area contributed by atoms with Gasteiger partial charge in [-0.15, -0.1) is 0 Å². The van der Waals surface area contributed by atoms with Crippen molar-refractivity contribution in [2.75, 3.05) is 13.2 Å². The van der Waals surface area contributed by atoms with Crippen LogP contribution in [0.5, 0.6) is 11.5 Å². The van der Waals surface area contributed by atoms with Gasteiger partial charge < -0.3 is 18.9 Å². The van der Waals surface area contributed by atoms with E-state index in [2.05, 4.69) is 57.3 Å². The molecule has 7 heteroatoms. The van der Waals surface area contributed by atoms with E-state index >= 15 is 0 Å². The van der Waals surface area contributed by atoms with Gasteiger partial charge in [-0.1, -0.05) is 120 Å². The molecule has 6 nitrogen and oxygen atoms in total. The van der Waals surface area contributed by atoms with Crippen molar-refractivity contribution in [1.29, 1.82) is 0 Å². The van der Waals surface area contributed by atoms with Crippen LogP contribution in [-0.2, 0) is 19.1 Å². The lowest BCUT2D eigenvalue weighted by Crippen LogP contribution is -2.26. The fourth-order valence-corrected chi connectivity index (χ4v) is 6.76. The molecular weight excluding hydrogens is 657 g/mol. The van der Waals surface area contributed by atoms with Gasteiger partial charge in [-0.25, -0.2) is 9.59 Å². The number of hydrogen-bond acceptors (Lipinski definition) is 7. The number of unbranched alkanes of at least 4 members (excludes halogenated alkanes) is 6. The highest BCUT2D eigenvalue weighted by atomic mass is 32.2. The Morgan fingerprint density at radius 3 is 1.55 bits per heavy atom. The fourth-order valence-electron chi connectivity index (χ4n) is 5.88. The summed E-state index contributed by atoms with van der Waals surface area (Å²) in [7, 11) is 0. The molecule has 4 aromatic rings. The molecule has 0 saturated heterocycles. The standard InChI is InChI=1S/C44H54O6S/c1-7-9-11-14-20-33(49-43(45)31(3)4)29-47-41-37-24-18-19-25-38(37)42(48-30-34(21-15-12-10-8-2)50-44(46)32(5)6)40-28-36(26-27-39(40)41)51-35-22-16-13-17-23-35/h13,16-19,22-28,33-34H,3,5,7-12,14-15,20-21,29-30H2,1-2,4,6H3. The van der Waals surface area contributed by atoms with E-state index < -0.39 is 24.1 Å². The molecule has 0 aliphatic heterocycles. The average molecular weight is 711 g/mol. The van der Waals surface area contributed by atoms with Crippen LogP contribution in [0.4, 0.5) is 0 Å². The molecule has 2 atom stereocenters. The van der Waals surface area contributed by atoms with Crippen molar-refractivity contribution in [1.82, 2.24) is 0 Å². The van der Waals surface area contributed by atoms with Crippen LogP contribution in [0.2, 0.25) is 0 Å². The van der Waals surface area contributed by atoms with Gasteiger partial charge >= 0.3 is 11.9 Å². The van der Waals surface area contributed by atoms with Crippen molar-refractivity contribution in [3.05, 3.63) is 97.1 Å². The van der Waals surface area contributed by atoms with Gasteiger partial charge in [0, 0.05) is 42.5 Å². The van der Waals surface area contributed by atoms with Crippen LogP contribution in [0.1, 0.15) is 91.9 Å². The molecule has 0 heterocycles. The Morgan fingerprint density at radius 2 is 1.06 bits per heavy atom. The minimum Gasteiger partial charge on any atom is -0.488 e. The van der Waals surface area contributed by atoms with Crippen molar-refractivity contribution in [2.45, 2.75) is 114 Å². The topological polar surface area (TPSA) is 71.1 Å². The number of ether oxygens (including phenoxy) is 4. The monoisotopic (exact) mass is 710 g/mol. The van der Waals surface area contributed by atoms with Crippen LogP contribution < -0.4 is 9.47 Å². The zero-order valence-electron chi connectivity index (χ0n) is 30.8. The van der Waals surface area contributed by atoms with Gasteiger partial charge in [0.2, 0.25) is 0 Å². The quantitative estimate of drug-likeness (QED) is 0.0348. The minimum atomic E-state index is -0.422. The van der Waals surface area contributed by atoms with Gasteiger partial charge in [-0.05, 0) is 69.9 Å². The summed E-state index contributed by atoms with van der Waals surface area (Å²) in [6, 6.07) is 24.6. The Hall–Kier alpha value is -4.23. The molecule has 4 aromatic carbocycles. The van der Waals surface area contributed by atoms with Gasteiger partial charge in [-0.3, -0.25) is 0 Å². The molecule has 4 rings (SSSR count). The SMILES string of the molecule is C=C(C)C(=O)OC(CCCCCC)COc1c2ccccc2c(OCC(CCCCCC)OC(=O)C(=C)C)c2cc(Sc3ccccc3)ccc12. The maximum Gasteiger partial charge on any atom is 0.333 e. The molecule has 0 aliphatic rings. The van der Waals surface area contributed by atoms with Gasteiger partial charge in [0.1, 0.15) is 36.9 Å². The van der Waals surface area contributed by atoms with Crippen LogP contribution in [0, 0.1) is 0 Å². The summed E-state index contributed by atoms with van der Waals surface area (Å²) in [5, 5.41) is 3.55. The summed E-state index contributed by atoms with van der Waals surface area (Å²) in [6.45, 7) is 15.7. The molecular formula is C44H54O6S. The van der Waals surface area contributed by atoms with Crippen molar-refractivity contribution in [2.24, 2.45) is 0 Å². The number of fused-ring (bicyclic) bond motifs is 2. The van der Waals surface area contributed by atoms with Crippen LogP contribution >= 0.6 is 11.8 Å². The second-order valence-electron chi connectivity index (χ2n) is 13.3. The second-order valence-corrected chi connectivity index (χ2v) is 14.4. The first-order valence-corrected chi connectivity index (χ1v) is 19.2. The van der Waals surface area contributed by atoms with E-state index in [1.165, 1.54) is 0 Å². The smallest absolute Gasteiger partial charge is 0.333 e.